The van der Waals surface area contributed by atoms with Crippen LogP contribution in [0.5, 0.6) is 5.75 Å². The third-order valence-electron chi connectivity index (χ3n) is 6.91. The van der Waals surface area contributed by atoms with Crippen LogP contribution in [0, 0.1) is 0 Å². The largest absolute Gasteiger partial charge is 0.489 e. The predicted molar refractivity (Wildman–Crippen MR) is 126 cm³/mol. The number of pyridine rings is 1. The highest BCUT2D eigenvalue weighted by molar-refractivity contribution is 5.86. The van der Waals surface area contributed by atoms with Gasteiger partial charge < -0.3 is 30.0 Å². The smallest absolute Gasteiger partial charge is 0.164 e. The van der Waals surface area contributed by atoms with Crippen LogP contribution in [-0.2, 0) is 17.6 Å². The molecule has 1 saturated heterocycles. The van der Waals surface area contributed by atoms with E-state index in [1.807, 2.05) is 0 Å². The number of rotatable bonds is 4. The fourth-order valence-corrected chi connectivity index (χ4v) is 4.99. The molecule has 0 amide bonds. The van der Waals surface area contributed by atoms with Gasteiger partial charge in [0, 0.05) is 11.6 Å². The van der Waals surface area contributed by atoms with Gasteiger partial charge in [0.05, 0.1) is 28.8 Å². The van der Waals surface area contributed by atoms with Crippen molar-refractivity contribution >= 4 is 27.8 Å². The van der Waals surface area contributed by atoms with Crippen LogP contribution in [0.15, 0.2) is 42.9 Å². The van der Waals surface area contributed by atoms with E-state index in [1.54, 1.807) is 16.8 Å². The fourth-order valence-electron chi connectivity index (χ4n) is 4.99. The van der Waals surface area contributed by atoms with Gasteiger partial charge in [-0.2, -0.15) is 0 Å². The molecular formula is C25H27N5O4. The van der Waals surface area contributed by atoms with Crippen LogP contribution in [0.25, 0.3) is 21.9 Å². The molecule has 0 aliphatic carbocycles. The molecule has 1 fully saturated rings. The molecule has 5 atom stereocenters. The molecule has 2 aliphatic rings. The van der Waals surface area contributed by atoms with E-state index < -0.39 is 24.5 Å². The number of anilines is 1. The minimum Gasteiger partial charge on any atom is -0.489 e. The second-order valence-corrected chi connectivity index (χ2v) is 9.23. The van der Waals surface area contributed by atoms with Crippen molar-refractivity contribution < 1.29 is 19.7 Å². The normalized spacial score (nSPS) is 26.6. The van der Waals surface area contributed by atoms with Crippen LogP contribution in [0.1, 0.15) is 37.3 Å². The molecule has 5 heterocycles. The number of aliphatic hydroxyl groups excluding tert-OH is 2. The van der Waals surface area contributed by atoms with Crippen molar-refractivity contribution in [2.24, 2.45) is 0 Å². The summed E-state index contributed by atoms with van der Waals surface area (Å²) >= 11 is 0. The first-order valence-corrected chi connectivity index (χ1v) is 11.7. The maximum Gasteiger partial charge on any atom is 0.164 e. The van der Waals surface area contributed by atoms with Gasteiger partial charge in [-0.3, -0.25) is 0 Å². The Morgan fingerprint density at radius 1 is 1.15 bits per heavy atom. The molecule has 0 bridgehead atoms. The van der Waals surface area contributed by atoms with Gasteiger partial charge >= 0.3 is 0 Å². The minimum atomic E-state index is -1.08. The topological polar surface area (TPSA) is 129 Å². The number of nitrogens with two attached hydrogens (primary N) is 1. The first-order valence-electron chi connectivity index (χ1n) is 11.7. The second-order valence-electron chi connectivity index (χ2n) is 9.23. The van der Waals surface area contributed by atoms with Crippen molar-refractivity contribution in [3.63, 3.8) is 0 Å². The minimum absolute atomic E-state index is 0.220. The summed E-state index contributed by atoms with van der Waals surface area (Å²) in [5.41, 5.74) is 9.53. The highest BCUT2D eigenvalue weighted by atomic mass is 16.6. The molecule has 9 nitrogen and oxygen atoms in total. The average molecular weight is 462 g/mol. The molecule has 1 aromatic carbocycles. The molecule has 4 N–H and O–H groups in total. The summed E-state index contributed by atoms with van der Waals surface area (Å²) < 4.78 is 13.7. The average Bonchev–Trinajstić information content (AvgIpc) is 3.38. The predicted octanol–water partition coefficient (Wildman–Crippen LogP) is 2.53. The zero-order valence-electron chi connectivity index (χ0n) is 18.8. The van der Waals surface area contributed by atoms with Crippen LogP contribution in [0.3, 0.4) is 0 Å². The monoisotopic (exact) mass is 461 g/mol. The van der Waals surface area contributed by atoms with E-state index in [0.717, 1.165) is 40.8 Å². The number of aryl methyl sites for hydroxylation is 2. The molecule has 4 aromatic rings. The summed E-state index contributed by atoms with van der Waals surface area (Å²) in [5.74, 6) is 1.24. The zero-order valence-corrected chi connectivity index (χ0v) is 18.8. The van der Waals surface area contributed by atoms with Gasteiger partial charge in [0.2, 0.25) is 0 Å². The Morgan fingerprint density at radius 2 is 2.03 bits per heavy atom. The molecule has 6 rings (SSSR count). The van der Waals surface area contributed by atoms with Crippen molar-refractivity contribution in [1.82, 2.24) is 19.5 Å². The molecule has 9 heteroatoms. The third-order valence-corrected chi connectivity index (χ3v) is 6.91. The molecule has 0 radical (unpaired) electrons. The Bertz CT molecular complexity index is 1370. The summed E-state index contributed by atoms with van der Waals surface area (Å²) in [6, 6.07) is 10.1. The number of nitrogen functional groups attached to an aromatic ring is 1. The van der Waals surface area contributed by atoms with Crippen molar-refractivity contribution in [2.75, 3.05) is 5.73 Å². The molecule has 0 unspecified atom stereocenters. The fraction of sp³-hybridized carbons (Fsp3) is 0.400. The molecule has 0 saturated carbocycles. The van der Waals surface area contributed by atoms with Crippen LogP contribution in [0.4, 0.5) is 5.82 Å². The number of aromatic nitrogens is 4. The van der Waals surface area contributed by atoms with E-state index in [1.165, 1.54) is 6.33 Å². The second kappa shape index (κ2) is 8.19. The standard InChI is InChI=1S/C25H27N5O4/c1-13-2-6-17-20(33-13)11-15-5-3-14(10-18(15)29-17)4-7-19-21(31)22(32)25(34-19)30-9-8-16-23(26)27-12-28-24(16)30/h3,5,8-13,19,21-22,25,31-32H,2,4,6-7H2,1H3,(H2,26,27,28)/t13-,19+,21+,22+,25+/m0/s1. The Kier molecular flexibility index (Phi) is 5.13. The lowest BCUT2D eigenvalue weighted by Gasteiger charge is -2.23. The van der Waals surface area contributed by atoms with Crippen LogP contribution in [0.2, 0.25) is 0 Å². The maximum absolute atomic E-state index is 10.7. The molecule has 0 spiro atoms. The van der Waals surface area contributed by atoms with E-state index >= 15 is 0 Å². The number of fused-ring (bicyclic) bond motifs is 3. The van der Waals surface area contributed by atoms with E-state index in [0.29, 0.717) is 29.7 Å². The lowest BCUT2D eigenvalue weighted by molar-refractivity contribution is -0.0364. The number of hydrogen-bond acceptors (Lipinski definition) is 8. The van der Waals surface area contributed by atoms with Gasteiger partial charge in [-0.25, -0.2) is 15.0 Å². The zero-order chi connectivity index (χ0) is 23.4. The van der Waals surface area contributed by atoms with E-state index in [9.17, 15) is 10.2 Å². The lowest BCUT2D eigenvalue weighted by atomic mass is 10.0. The van der Waals surface area contributed by atoms with Crippen LogP contribution in [-0.4, -0.2) is 54.1 Å². The first-order chi connectivity index (χ1) is 16.5. The van der Waals surface area contributed by atoms with E-state index in [2.05, 4.69) is 41.2 Å². The summed E-state index contributed by atoms with van der Waals surface area (Å²) in [4.78, 5) is 13.1. The Balaban J connectivity index is 1.19. The number of aliphatic hydroxyl groups is 2. The van der Waals surface area contributed by atoms with Crippen molar-refractivity contribution in [2.45, 2.75) is 63.3 Å². The quantitative estimate of drug-likeness (QED) is 0.423. The highest BCUT2D eigenvalue weighted by Gasteiger charge is 2.43. The number of benzene rings is 1. The summed E-state index contributed by atoms with van der Waals surface area (Å²) in [5, 5.41) is 23.1. The van der Waals surface area contributed by atoms with Gasteiger partial charge in [-0.05, 0) is 56.4 Å². The van der Waals surface area contributed by atoms with Crippen molar-refractivity contribution in [3.05, 3.63) is 54.1 Å². The Morgan fingerprint density at radius 3 is 2.91 bits per heavy atom. The molecular weight excluding hydrogens is 434 g/mol. The van der Waals surface area contributed by atoms with Gasteiger partial charge in [0.25, 0.3) is 0 Å². The number of hydrogen-bond donors (Lipinski definition) is 3. The van der Waals surface area contributed by atoms with Gasteiger partial charge in [0.1, 0.15) is 35.7 Å². The lowest BCUT2D eigenvalue weighted by Crippen LogP contribution is -2.31. The van der Waals surface area contributed by atoms with Crippen molar-refractivity contribution in [1.29, 1.82) is 0 Å². The maximum atomic E-state index is 10.7. The van der Waals surface area contributed by atoms with Gasteiger partial charge in [0.15, 0.2) is 6.23 Å². The van der Waals surface area contributed by atoms with Crippen molar-refractivity contribution in [3.8, 4) is 5.75 Å². The van der Waals surface area contributed by atoms with Crippen LogP contribution < -0.4 is 10.5 Å². The summed E-state index contributed by atoms with van der Waals surface area (Å²) in [6.07, 6.45) is 3.13. The highest BCUT2D eigenvalue weighted by Crippen LogP contribution is 2.35. The Hall–Kier alpha value is -3.27. The SMILES string of the molecule is C[C@H]1CCc2nc3cc(CC[C@H]4O[C@@H](n5ccc6c(N)ncnc65)[C@H](O)[C@@H]4O)ccc3cc2O1. The summed E-state index contributed by atoms with van der Waals surface area (Å²) in [7, 11) is 0. The third kappa shape index (κ3) is 3.56. The van der Waals surface area contributed by atoms with E-state index in [4.69, 9.17) is 20.2 Å². The number of nitrogens with zero attached hydrogens (tertiary/aromatic N) is 4. The molecule has 2 aliphatic heterocycles. The summed E-state index contributed by atoms with van der Waals surface area (Å²) in [6.45, 7) is 2.08. The Labute approximate surface area is 196 Å². The first kappa shape index (κ1) is 21.3. The molecule has 176 valence electrons. The van der Waals surface area contributed by atoms with E-state index in [-0.39, 0.29) is 6.10 Å². The molecule has 34 heavy (non-hydrogen) atoms. The van der Waals surface area contributed by atoms with Crippen LogP contribution >= 0.6 is 0 Å². The molecule has 3 aromatic heterocycles. The van der Waals surface area contributed by atoms with Gasteiger partial charge in [-0.1, -0.05) is 12.1 Å². The number of ether oxygens (including phenoxy) is 2. The van der Waals surface area contributed by atoms with Gasteiger partial charge in [-0.15, -0.1) is 0 Å².